The van der Waals surface area contributed by atoms with Gasteiger partial charge >= 0.3 is 59.3 Å². The molecule has 0 heterocycles. The number of halogens is 2. The molecular formula is C40H52Cl2Hf-2. The Hall–Kier alpha value is -0.760. The van der Waals surface area contributed by atoms with Gasteiger partial charge in [-0.3, -0.25) is 6.08 Å². The Balaban J connectivity index is 0.000000302. The zero-order valence-electron chi connectivity index (χ0n) is 27.7. The second-order valence-corrected chi connectivity index (χ2v) is 17.4. The Bertz CT molecular complexity index is 1310. The summed E-state index contributed by atoms with van der Waals surface area (Å²) in [6.07, 6.45) is 46.6. The summed E-state index contributed by atoms with van der Waals surface area (Å²) >= 11 is 1.37. The Labute approximate surface area is 291 Å². The van der Waals surface area contributed by atoms with Crippen LogP contribution >= 0.6 is 0 Å². The van der Waals surface area contributed by atoms with Crippen LogP contribution in [0.15, 0.2) is 90.6 Å². The first-order chi connectivity index (χ1) is 19.3. The fraction of sp³-hybridized carbons (Fsp3) is 0.550. The summed E-state index contributed by atoms with van der Waals surface area (Å²) in [6.45, 7) is 20.3. The van der Waals surface area contributed by atoms with Crippen molar-refractivity contribution >= 4 is 3.26 Å². The Morgan fingerprint density at radius 1 is 0.721 bits per heavy atom. The van der Waals surface area contributed by atoms with Crippen LogP contribution in [0.5, 0.6) is 0 Å². The molecule has 3 saturated carbocycles. The summed E-state index contributed by atoms with van der Waals surface area (Å²) < 4.78 is 1.85. The van der Waals surface area contributed by atoms with Crippen molar-refractivity contribution in [1.29, 1.82) is 0 Å². The van der Waals surface area contributed by atoms with Crippen molar-refractivity contribution in [3.63, 3.8) is 0 Å². The number of allylic oxidation sites excluding steroid dienone is 16. The van der Waals surface area contributed by atoms with Gasteiger partial charge in [0.05, 0.1) is 0 Å². The van der Waals surface area contributed by atoms with Gasteiger partial charge in [-0.2, -0.15) is 6.08 Å². The van der Waals surface area contributed by atoms with Gasteiger partial charge in [-0.15, -0.1) is 23.8 Å². The van der Waals surface area contributed by atoms with Crippen LogP contribution in [-0.2, 0) is 23.9 Å². The van der Waals surface area contributed by atoms with E-state index in [9.17, 15) is 0 Å². The Morgan fingerprint density at radius 3 is 1.72 bits per heavy atom. The molecule has 7 aliphatic carbocycles. The van der Waals surface area contributed by atoms with Gasteiger partial charge in [0.2, 0.25) is 0 Å². The first-order valence-corrected chi connectivity index (χ1v) is 17.8. The van der Waals surface area contributed by atoms with E-state index in [2.05, 4.69) is 141 Å². The zero-order chi connectivity index (χ0) is 29.8. The summed E-state index contributed by atoms with van der Waals surface area (Å²) in [4.78, 5) is 0. The number of hydrogen-bond acceptors (Lipinski definition) is 0. The molecule has 0 radical (unpaired) electrons. The van der Waals surface area contributed by atoms with Gasteiger partial charge in [-0.05, 0) is 28.6 Å². The summed E-state index contributed by atoms with van der Waals surface area (Å²) in [5.74, 6) is 0.460. The van der Waals surface area contributed by atoms with Crippen LogP contribution in [0.25, 0.3) is 0 Å². The van der Waals surface area contributed by atoms with Crippen LogP contribution in [0.3, 0.4) is 0 Å². The monoisotopic (exact) mass is 782 g/mol. The quantitative estimate of drug-likeness (QED) is 0.249. The van der Waals surface area contributed by atoms with Crippen molar-refractivity contribution in [2.24, 2.45) is 43.8 Å². The zero-order valence-corrected chi connectivity index (χ0v) is 32.8. The summed E-state index contributed by atoms with van der Waals surface area (Å²) in [7, 11) is 0. The third-order valence-electron chi connectivity index (χ3n) is 14.1. The van der Waals surface area contributed by atoms with Crippen LogP contribution in [0.2, 0.25) is 0 Å². The predicted octanol–water partition coefficient (Wildman–Crippen LogP) is 4.63. The van der Waals surface area contributed by atoms with E-state index in [1.807, 2.05) is 15.4 Å². The molecule has 43 heavy (non-hydrogen) atoms. The van der Waals surface area contributed by atoms with Crippen molar-refractivity contribution in [2.75, 3.05) is 0 Å². The van der Waals surface area contributed by atoms with Crippen LogP contribution < -0.4 is 24.8 Å². The molecule has 0 amide bonds. The third kappa shape index (κ3) is 4.70. The number of fused-ring (bicyclic) bond motifs is 8. The van der Waals surface area contributed by atoms with Crippen molar-refractivity contribution in [3.8, 4) is 0 Å². The van der Waals surface area contributed by atoms with Crippen molar-refractivity contribution < 1.29 is 48.7 Å². The summed E-state index contributed by atoms with van der Waals surface area (Å²) in [5.41, 5.74) is 1.73. The molecule has 0 N–H and O–H groups in total. The minimum absolute atomic E-state index is 0. The fourth-order valence-electron chi connectivity index (χ4n) is 10.6. The van der Waals surface area contributed by atoms with Gasteiger partial charge in [0.25, 0.3) is 0 Å². The molecule has 0 aromatic heterocycles. The van der Waals surface area contributed by atoms with Crippen LogP contribution in [0.1, 0.15) is 93.9 Å². The third-order valence-corrected chi connectivity index (χ3v) is 15.9. The predicted molar refractivity (Wildman–Crippen MR) is 174 cm³/mol. The van der Waals surface area contributed by atoms with E-state index < -0.39 is 0 Å². The average Bonchev–Trinajstić information content (AvgIpc) is 3.60. The second kappa shape index (κ2) is 12.8. The normalized spacial score (nSPS) is 45.6. The molecular weight excluding hydrogens is 730 g/mol. The van der Waals surface area contributed by atoms with Crippen LogP contribution in [-0.4, -0.2) is 3.26 Å². The van der Waals surface area contributed by atoms with Gasteiger partial charge in [0, 0.05) is 10.8 Å². The van der Waals surface area contributed by atoms with Gasteiger partial charge in [-0.25, -0.2) is 12.2 Å². The standard InChI is InChI=1S/C29H37.C6H10.C5H5.2ClH.Hf/c1-21-14-13-15-22-20-27(6)25(4)18-10-9-16-23(25,2)24(3)17-11-12-19-26(24,5)29(27,8)28(21,22)7;1-2-4-6-5-3-1;1-2-4-5-3-1;;;/h9-20,22H,1-8H3;1-5H2;1-3H,4H2;2*1H;/q-1;;-1;;;+2/p-2. The topological polar surface area (TPSA) is 0 Å². The molecule has 0 aromatic rings. The Morgan fingerprint density at radius 2 is 1.26 bits per heavy atom. The molecule has 0 bridgehead atoms. The van der Waals surface area contributed by atoms with E-state index in [4.69, 9.17) is 0 Å². The molecule has 0 aromatic carbocycles. The molecule has 232 valence electrons. The Kier molecular flexibility index (Phi) is 10.9. The van der Waals surface area contributed by atoms with E-state index in [1.54, 1.807) is 0 Å². The molecule has 8 atom stereocenters. The van der Waals surface area contributed by atoms with E-state index in [-0.39, 0.29) is 62.7 Å². The van der Waals surface area contributed by atoms with Crippen LogP contribution in [0.4, 0.5) is 0 Å². The molecule has 7 aliphatic rings. The first kappa shape index (κ1) is 36.7. The maximum absolute atomic E-state index is 2.99. The summed E-state index contributed by atoms with van der Waals surface area (Å²) in [6, 6.07) is 0. The SMILES string of the molecule is CC1=CC=CC2[CH-]C3(C)C4(C)C=CC=CC4(C)C4(C)C=CC=CC4(C)C3(C)C12C.[C-]1=CC=CC1.[Cl-].[Cl-].[Hf+2]=[C]1CCCCC1. The van der Waals surface area contributed by atoms with Gasteiger partial charge in [-0.1, -0.05) is 115 Å². The van der Waals surface area contributed by atoms with Crippen molar-refractivity contribution in [1.82, 2.24) is 0 Å². The fourth-order valence-corrected chi connectivity index (χ4v) is 11.8. The van der Waals surface area contributed by atoms with Gasteiger partial charge in [0.15, 0.2) is 0 Å². The van der Waals surface area contributed by atoms with Crippen molar-refractivity contribution in [3.05, 3.63) is 103 Å². The molecule has 3 fully saturated rings. The molecule has 3 heteroatoms. The van der Waals surface area contributed by atoms with Gasteiger partial charge in [0.1, 0.15) is 0 Å². The molecule has 0 spiro atoms. The van der Waals surface area contributed by atoms with Crippen molar-refractivity contribution in [2.45, 2.75) is 93.9 Å². The molecule has 0 nitrogen and oxygen atoms in total. The number of rotatable bonds is 0. The summed E-state index contributed by atoms with van der Waals surface area (Å²) in [5, 5.41) is 0. The van der Waals surface area contributed by atoms with Gasteiger partial charge < -0.3 is 31.2 Å². The first-order valence-electron chi connectivity index (χ1n) is 16.0. The average molecular weight is 782 g/mol. The van der Waals surface area contributed by atoms with E-state index in [1.165, 1.54) is 61.6 Å². The number of hydrogen-bond donors (Lipinski definition) is 0. The molecule has 7 rings (SSSR count). The maximum atomic E-state index is 2.99. The van der Waals surface area contributed by atoms with Crippen LogP contribution in [0, 0.1) is 56.3 Å². The van der Waals surface area contributed by atoms with E-state index in [0.29, 0.717) is 5.92 Å². The molecule has 0 aliphatic heterocycles. The van der Waals surface area contributed by atoms with E-state index in [0.717, 1.165) is 6.42 Å². The second-order valence-electron chi connectivity index (χ2n) is 14.9. The molecule has 0 saturated heterocycles. The van der Waals surface area contributed by atoms with E-state index >= 15 is 0 Å². The molecule has 8 unspecified atom stereocenters. The minimum atomic E-state index is 0.